The predicted octanol–water partition coefficient (Wildman–Crippen LogP) is 4.00. The molecule has 0 aliphatic heterocycles. The highest BCUT2D eigenvalue weighted by Gasteiger charge is 2.15. The number of ether oxygens (including phenoxy) is 1. The molecule has 0 amide bonds. The van der Waals surface area contributed by atoms with Crippen LogP contribution in [0.15, 0.2) is 53.6 Å². The normalized spacial score (nSPS) is 12.6. The van der Waals surface area contributed by atoms with E-state index >= 15 is 0 Å². The molecule has 6 nitrogen and oxygen atoms in total. The molecule has 0 aliphatic rings. The van der Waals surface area contributed by atoms with Crippen molar-refractivity contribution in [1.29, 1.82) is 0 Å². The maximum Gasteiger partial charge on any atom is 0.310 e. The third-order valence-electron chi connectivity index (χ3n) is 4.45. The molecule has 4 aromatic rings. The molecule has 3 heterocycles. The predicted molar refractivity (Wildman–Crippen MR) is 115 cm³/mol. The summed E-state index contributed by atoms with van der Waals surface area (Å²) in [7, 11) is 1.59. The average Bonchev–Trinajstić information content (AvgIpc) is 3.27. The molecular weight excluding hydrogens is 475 g/mol. The number of pyridine rings is 1. The quantitative estimate of drug-likeness (QED) is 0.395. The minimum Gasteiger partial charge on any atom is -0.364 e. The van der Waals surface area contributed by atoms with Crippen LogP contribution in [-0.4, -0.2) is 26.4 Å². The highest BCUT2D eigenvalue weighted by molar-refractivity contribution is 14.1. The van der Waals surface area contributed by atoms with Crippen LogP contribution in [-0.2, 0) is 11.5 Å². The standard InChI is InChI=1S/C19H17IN4O2S/c1-12(15-7-8-24(22-15)18-6-4-14(20)10-21-18)13-3-5-16-17(9-13)27-19(25)23(16)11-26-2/h3-10,12H,11H2,1-2H3. The Kier molecular flexibility index (Phi) is 5.11. The van der Waals surface area contributed by atoms with E-state index in [1.807, 2.05) is 42.7 Å². The second kappa shape index (κ2) is 7.53. The molecule has 8 heteroatoms. The fraction of sp³-hybridized carbons (Fsp3) is 0.211. The summed E-state index contributed by atoms with van der Waals surface area (Å²) in [5, 5.41) is 4.69. The summed E-state index contributed by atoms with van der Waals surface area (Å²) in [4.78, 5) is 16.5. The van der Waals surface area contributed by atoms with Crippen molar-refractivity contribution in [2.24, 2.45) is 0 Å². The summed E-state index contributed by atoms with van der Waals surface area (Å²) in [6.07, 6.45) is 3.74. The summed E-state index contributed by atoms with van der Waals surface area (Å²) < 4.78 is 10.6. The van der Waals surface area contributed by atoms with E-state index in [-0.39, 0.29) is 17.5 Å². The fourth-order valence-corrected chi connectivity index (χ4v) is 4.22. The highest BCUT2D eigenvalue weighted by atomic mass is 127. The van der Waals surface area contributed by atoms with E-state index in [4.69, 9.17) is 4.74 Å². The lowest BCUT2D eigenvalue weighted by molar-refractivity contribution is 0.133. The Labute approximate surface area is 173 Å². The Bertz CT molecular complexity index is 1150. The van der Waals surface area contributed by atoms with Crippen LogP contribution in [0.2, 0.25) is 0 Å². The van der Waals surface area contributed by atoms with Gasteiger partial charge < -0.3 is 4.74 Å². The van der Waals surface area contributed by atoms with Crippen LogP contribution in [0.4, 0.5) is 0 Å². The minimum atomic E-state index is -0.00860. The van der Waals surface area contributed by atoms with Gasteiger partial charge in [0.15, 0.2) is 5.82 Å². The maximum absolute atomic E-state index is 12.1. The van der Waals surface area contributed by atoms with E-state index in [9.17, 15) is 4.79 Å². The first-order chi connectivity index (χ1) is 13.1. The number of nitrogens with zero attached hydrogens (tertiary/aromatic N) is 4. The lowest BCUT2D eigenvalue weighted by atomic mass is 9.98. The van der Waals surface area contributed by atoms with Crippen molar-refractivity contribution in [3.8, 4) is 5.82 Å². The second-order valence-corrected chi connectivity index (χ2v) is 8.42. The Hall–Kier alpha value is -2.04. The number of thiazole rings is 1. The fourth-order valence-electron chi connectivity index (χ4n) is 2.97. The zero-order valence-electron chi connectivity index (χ0n) is 14.8. The summed E-state index contributed by atoms with van der Waals surface area (Å²) in [6.45, 7) is 2.38. The van der Waals surface area contributed by atoms with Crippen LogP contribution in [0.3, 0.4) is 0 Å². The number of halogens is 1. The number of hydrogen-bond donors (Lipinski definition) is 0. The molecule has 4 rings (SSSR count). The zero-order chi connectivity index (χ0) is 19.0. The van der Waals surface area contributed by atoms with Gasteiger partial charge in [-0.05, 0) is 58.5 Å². The van der Waals surface area contributed by atoms with Crippen LogP contribution < -0.4 is 4.87 Å². The molecule has 1 aromatic carbocycles. The molecule has 138 valence electrons. The smallest absolute Gasteiger partial charge is 0.310 e. The zero-order valence-corrected chi connectivity index (χ0v) is 17.8. The highest BCUT2D eigenvalue weighted by Crippen LogP contribution is 2.27. The van der Waals surface area contributed by atoms with E-state index in [0.29, 0.717) is 0 Å². The number of hydrogen-bond acceptors (Lipinski definition) is 5. The number of rotatable bonds is 5. The molecule has 0 radical (unpaired) electrons. The van der Waals surface area contributed by atoms with Crippen LogP contribution in [0.25, 0.3) is 16.0 Å². The molecule has 27 heavy (non-hydrogen) atoms. The van der Waals surface area contributed by atoms with Crippen molar-refractivity contribution in [2.45, 2.75) is 19.6 Å². The van der Waals surface area contributed by atoms with Gasteiger partial charge in [-0.2, -0.15) is 5.10 Å². The minimum absolute atomic E-state index is 0.00860. The van der Waals surface area contributed by atoms with Gasteiger partial charge in [-0.3, -0.25) is 9.36 Å². The van der Waals surface area contributed by atoms with E-state index in [0.717, 1.165) is 30.9 Å². The van der Waals surface area contributed by atoms with Gasteiger partial charge in [0.2, 0.25) is 0 Å². The first kappa shape index (κ1) is 18.3. The van der Waals surface area contributed by atoms with Crippen LogP contribution in [0, 0.1) is 3.57 Å². The van der Waals surface area contributed by atoms with Crippen LogP contribution >= 0.6 is 33.9 Å². The van der Waals surface area contributed by atoms with E-state index < -0.39 is 0 Å². The first-order valence-electron chi connectivity index (χ1n) is 8.36. The lowest BCUT2D eigenvalue weighted by Crippen LogP contribution is -2.13. The van der Waals surface area contributed by atoms with Crippen molar-refractivity contribution in [1.82, 2.24) is 19.3 Å². The molecule has 3 aromatic heterocycles. The Morgan fingerprint density at radius 2 is 2.11 bits per heavy atom. The average molecular weight is 492 g/mol. The summed E-state index contributed by atoms with van der Waals surface area (Å²) >= 11 is 3.47. The molecule has 0 bridgehead atoms. The molecule has 1 unspecified atom stereocenters. The van der Waals surface area contributed by atoms with Gasteiger partial charge in [0.1, 0.15) is 6.73 Å². The van der Waals surface area contributed by atoms with Gasteiger partial charge in [-0.1, -0.05) is 24.3 Å². The lowest BCUT2D eigenvalue weighted by Gasteiger charge is -2.10. The Morgan fingerprint density at radius 1 is 1.26 bits per heavy atom. The van der Waals surface area contributed by atoms with Crippen molar-refractivity contribution in [3.05, 3.63) is 73.3 Å². The number of methoxy groups -OCH3 is 1. The summed E-state index contributed by atoms with van der Waals surface area (Å²) in [5.74, 6) is 0.895. The number of aromatic nitrogens is 4. The largest absolute Gasteiger partial charge is 0.364 e. The summed E-state index contributed by atoms with van der Waals surface area (Å²) in [5.41, 5.74) is 2.98. The van der Waals surface area contributed by atoms with Crippen molar-refractivity contribution in [3.63, 3.8) is 0 Å². The SMILES string of the molecule is COCn1c(=O)sc2cc(C(C)c3ccn(-c4ccc(I)cn4)n3)ccc21. The van der Waals surface area contributed by atoms with E-state index in [1.165, 1.54) is 11.3 Å². The molecule has 0 fully saturated rings. The van der Waals surface area contributed by atoms with Crippen LogP contribution in [0.5, 0.6) is 0 Å². The topological polar surface area (TPSA) is 61.9 Å². The van der Waals surface area contributed by atoms with Gasteiger partial charge in [-0.25, -0.2) is 9.67 Å². The summed E-state index contributed by atoms with van der Waals surface area (Å²) in [6, 6.07) is 12.1. The number of fused-ring (bicyclic) bond motifs is 1. The number of benzene rings is 1. The van der Waals surface area contributed by atoms with Gasteiger partial charge in [0.25, 0.3) is 0 Å². The van der Waals surface area contributed by atoms with E-state index in [1.54, 1.807) is 16.4 Å². The van der Waals surface area contributed by atoms with Crippen molar-refractivity contribution >= 4 is 44.1 Å². The third kappa shape index (κ3) is 3.56. The molecule has 0 aliphatic carbocycles. The molecule has 1 atom stereocenters. The van der Waals surface area contributed by atoms with Crippen LogP contribution in [0.1, 0.15) is 24.1 Å². The third-order valence-corrected chi connectivity index (χ3v) is 6.03. The Balaban J connectivity index is 1.65. The molecule has 0 saturated heterocycles. The van der Waals surface area contributed by atoms with Gasteiger partial charge in [-0.15, -0.1) is 0 Å². The molecular formula is C19H17IN4O2S. The monoisotopic (exact) mass is 492 g/mol. The second-order valence-electron chi connectivity index (χ2n) is 6.18. The van der Waals surface area contributed by atoms with Gasteiger partial charge in [0, 0.05) is 29.0 Å². The first-order valence-corrected chi connectivity index (χ1v) is 10.3. The van der Waals surface area contributed by atoms with Gasteiger partial charge in [0.05, 0.1) is 15.9 Å². The van der Waals surface area contributed by atoms with Crippen molar-refractivity contribution in [2.75, 3.05) is 7.11 Å². The van der Waals surface area contributed by atoms with E-state index in [2.05, 4.69) is 45.7 Å². The maximum atomic E-state index is 12.1. The molecule has 0 saturated carbocycles. The van der Waals surface area contributed by atoms with Gasteiger partial charge >= 0.3 is 4.87 Å². The Morgan fingerprint density at radius 3 is 2.85 bits per heavy atom. The molecule has 0 spiro atoms. The van der Waals surface area contributed by atoms with Crippen molar-refractivity contribution < 1.29 is 4.74 Å². The molecule has 0 N–H and O–H groups in total.